The maximum Gasteiger partial charge on any atom is 0.339 e. The molecule has 0 radical (unpaired) electrons. The molecular weight excluding hydrogens is 280 g/mol. The summed E-state index contributed by atoms with van der Waals surface area (Å²) in [5, 5.41) is 0.724. The summed E-state index contributed by atoms with van der Waals surface area (Å²) < 4.78 is 5.39. The number of esters is 1. The monoisotopic (exact) mass is 290 g/mol. The minimum atomic E-state index is -0.225. The number of benzene rings is 2. The predicted molar refractivity (Wildman–Crippen MR) is 76.8 cm³/mol. The van der Waals surface area contributed by atoms with Gasteiger partial charge in [0.2, 0.25) is 0 Å². The fraction of sp³-hybridized carbons (Fsp3) is 0.133. The first kappa shape index (κ1) is 12.6. The first-order valence-electron chi connectivity index (χ1n) is 5.92. The van der Waals surface area contributed by atoms with E-state index in [9.17, 15) is 4.79 Å². The lowest BCUT2D eigenvalue weighted by molar-refractivity contribution is 0.0430. The van der Waals surface area contributed by atoms with Crippen molar-refractivity contribution >= 4 is 29.3 Å². The van der Waals surface area contributed by atoms with Gasteiger partial charge < -0.3 is 4.74 Å². The Labute approximate surface area is 120 Å². The average Bonchev–Trinajstić information content (AvgIpc) is 2.76. The zero-order valence-electron chi connectivity index (χ0n) is 10.0. The Kier molecular flexibility index (Phi) is 3.49. The standard InChI is InChI=1S/C15H11ClO2S/c16-10-5-7-11(8-6-10)19-9-14-12-3-1-2-4-13(12)15(17)18-14/h1-8,14H,9H2/t14-/m0/s1. The molecule has 4 heteroatoms. The number of fused-ring (bicyclic) bond motifs is 1. The van der Waals surface area contributed by atoms with Gasteiger partial charge in [-0.1, -0.05) is 29.8 Å². The van der Waals surface area contributed by atoms with Crippen LogP contribution in [0.2, 0.25) is 5.02 Å². The van der Waals surface area contributed by atoms with Crippen molar-refractivity contribution in [3.05, 3.63) is 64.7 Å². The second-order valence-electron chi connectivity index (χ2n) is 4.25. The average molecular weight is 291 g/mol. The van der Waals surface area contributed by atoms with E-state index < -0.39 is 0 Å². The van der Waals surface area contributed by atoms with Crippen LogP contribution in [0.1, 0.15) is 22.0 Å². The second-order valence-corrected chi connectivity index (χ2v) is 5.78. The zero-order valence-corrected chi connectivity index (χ0v) is 11.6. The molecule has 1 aliphatic heterocycles. The Hall–Kier alpha value is -1.45. The number of rotatable bonds is 3. The van der Waals surface area contributed by atoms with Crippen LogP contribution in [-0.2, 0) is 4.74 Å². The quantitative estimate of drug-likeness (QED) is 0.621. The van der Waals surface area contributed by atoms with Gasteiger partial charge in [-0.3, -0.25) is 0 Å². The summed E-state index contributed by atoms with van der Waals surface area (Å²) >= 11 is 7.50. The molecule has 1 heterocycles. The first-order chi connectivity index (χ1) is 9.24. The van der Waals surface area contributed by atoms with Crippen LogP contribution < -0.4 is 0 Å². The third-order valence-electron chi connectivity index (χ3n) is 2.99. The number of hydrogen-bond donors (Lipinski definition) is 0. The number of halogens is 1. The third-order valence-corrected chi connectivity index (χ3v) is 4.32. The Morgan fingerprint density at radius 2 is 1.84 bits per heavy atom. The van der Waals surface area contributed by atoms with Crippen LogP contribution in [0.4, 0.5) is 0 Å². The van der Waals surface area contributed by atoms with Crippen molar-refractivity contribution in [2.75, 3.05) is 5.75 Å². The molecule has 19 heavy (non-hydrogen) atoms. The Morgan fingerprint density at radius 3 is 2.63 bits per heavy atom. The molecule has 1 atom stereocenters. The molecule has 0 fully saturated rings. The van der Waals surface area contributed by atoms with Gasteiger partial charge in [0.05, 0.1) is 5.56 Å². The summed E-state index contributed by atoms with van der Waals surface area (Å²) in [6.45, 7) is 0. The van der Waals surface area contributed by atoms with Gasteiger partial charge in [0.15, 0.2) is 0 Å². The van der Waals surface area contributed by atoms with Crippen molar-refractivity contribution in [1.29, 1.82) is 0 Å². The van der Waals surface area contributed by atoms with Gasteiger partial charge in [0.1, 0.15) is 6.10 Å². The predicted octanol–water partition coefficient (Wildman–Crippen LogP) is 4.34. The lowest BCUT2D eigenvalue weighted by atomic mass is 10.1. The topological polar surface area (TPSA) is 26.3 Å². The van der Waals surface area contributed by atoms with E-state index in [2.05, 4.69) is 0 Å². The summed E-state index contributed by atoms with van der Waals surface area (Å²) in [4.78, 5) is 12.8. The van der Waals surface area contributed by atoms with E-state index in [-0.39, 0.29) is 12.1 Å². The maximum atomic E-state index is 11.7. The summed E-state index contributed by atoms with van der Waals surface area (Å²) in [6, 6.07) is 15.2. The van der Waals surface area contributed by atoms with Gasteiger partial charge in [-0.15, -0.1) is 11.8 Å². The molecule has 2 nitrogen and oxygen atoms in total. The molecular formula is C15H11ClO2S. The number of cyclic esters (lactones) is 1. The van der Waals surface area contributed by atoms with Crippen LogP contribution in [0, 0.1) is 0 Å². The van der Waals surface area contributed by atoms with Gasteiger partial charge in [-0.25, -0.2) is 4.79 Å². The van der Waals surface area contributed by atoms with Crippen LogP contribution in [0.5, 0.6) is 0 Å². The molecule has 0 N–H and O–H groups in total. The maximum absolute atomic E-state index is 11.7. The Balaban J connectivity index is 1.72. The Bertz CT molecular complexity index is 610. The number of ether oxygens (including phenoxy) is 1. The highest BCUT2D eigenvalue weighted by Gasteiger charge is 2.30. The van der Waals surface area contributed by atoms with Crippen LogP contribution in [0.3, 0.4) is 0 Å². The summed E-state index contributed by atoms with van der Waals surface area (Å²) in [7, 11) is 0. The highest BCUT2D eigenvalue weighted by molar-refractivity contribution is 7.99. The molecule has 2 aromatic carbocycles. The van der Waals surface area contributed by atoms with Crippen molar-refractivity contribution in [1.82, 2.24) is 0 Å². The van der Waals surface area contributed by atoms with E-state index in [1.165, 1.54) is 0 Å². The van der Waals surface area contributed by atoms with Crippen molar-refractivity contribution in [3.63, 3.8) is 0 Å². The highest BCUT2D eigenvalue weighted by Crippen LogP contribution is 2.34. The molecule has 1 aliphatic rings. The first-order valence-corrected chi connectivity index (χ1v) is 7.28. The Morgan fingerprint density at radius 1 is 1.11 bits per heavy atom. The van der Waals surface area contributed by atoms with Gasteiger partial charge >= 0.3 is 5.97 Å². The molecule has 0 aromatic heterocycles. The molecule has 0 spiro atoms. The second kappa shape index (κ2) is 5.27. The fourth-order valence-electron chi connectivity index (χ4n) is 2.05. The SMILES string of the molecule is O=C1O[C@@H](CSc2ccc(Cl)cc2)c2ccccc21. The molecule has 0 unspecified atom stereocenters. The van der Waals surface area contributed by atoms with Crippen molar-refractivity contribution in [2.24, 2.45) is 0 Å². The molecule has 0 aliphatic carbocycles. The van der Waals surface area contributed by atoms with E-state index in [0.717, 1.165) is 15.5 Å². The number of carbonyl (C=O) groups excluding carboxylic acids is 1. The molecule has 0 bridgehead atoms. The van der Waals surface area contributed by atoms with Crippen molar-refractivity contribution in [3.8, 4) is 0 Å². The molecule has 96 valence electrons. The van der Waals surface area contributed by atoms with Crippen molar-refractivity contribution in [2.45, 2.75) is 11.0 Å². The molecule has 2 aromatic rings. The molecule has 3 rings (SSSR count). The lowest BCUT2D eigenvalue weighted by Crippen LogP contribution is -2.01. The van der Waals surface area contributed by atoms with Crippen LogP contribution in [0.15, 0.2) is 53.4 Å². The normalized spacial score (nSPS) is 17.1. The number of hydrogen-bond acceptors (Lipinski definition) is 3. The van der Waals surface area contributed by atoms with Crippen LogP contribution in [-0.4, -0.2) is 11.7 Å². The van der Waals surface area contributed by atoms with Crippen molar-refractivity contribution < 1.29 is 9.53 Å². The summed E-state index contributed by atoms with van der Waals surface area (Å²) in [5.41, 5.74) is 1.66. The van der Waals surface area contributed by atoms with E-state index >= 15 is 0 Å². The smallest absolute Gasteiger partial charge is 0.339 e. The largest absolute Gasteiger partial charge is 0.453 e. The van der Waals surface area contributed by atoms with Gasteiger partial charge in [0.25, 0.3) is 0 Å². The van der Waals surface area contributed by atoms with E-state index in [1.54, 1.807) is 11.8 Å². The summed E-state index contributed by atoms with van der Waals surface area (Å²) in [6.07, 6.45) is -0.163. The third kappa shape index (κ3) is 2.62. The molecule has 0 saturated carbocycles. The number of thioether (sulfide) groups is 1. The minimum absolute atomic E-state index is 0.163. The lowest BCUT2D eigenvalue weighted by Gasteiger charge is -2.10. The van der Waals surface area contributed by atoms with Crippen LogP contribution >= 0.6 is 23.4 Å². The van der Waals surface area contributed by atoms with Gasteiger partial charge in [-0.05, 0) is 30.3 Å². The van der Waals surface area contributed by atoms with E-state index in [1.807, 2.05) is 48.5 Å². The fourth-order valence-corrected chi connectivity index (χ4v) is 3.09. The highest BCUT2D eigenvalue weighted by atomic mass is 35.5. The van der Waals surface area contributed by atoms with E-state index in [4.69, 9.17) is 16.3 Å². The molecule has 0 amide bonds. The van der Waals surface area contributed by atoms with E-state index in [0.29, 0.717) is 11.3 Å². The number of carbonyl (C=O) groups is 1. The van der Waals surface area contributed by atoms with Gasteiger partial charge in [-0.2, -0.15) is 0 Å². The minimum Gasteiger partial charge on any atom is -0.453 e. The van der Waals surface area contributed by atoms with Crippen LogP contribution in [0.25, 0.3) is 0 Å². The molecule has 0 saturated heterocycles. The summed E-state index contributed by atoms with van der Waals surface area (Å²) in [5.74, 6) is 0.488. The zero-order chi connectivity index (χ0) is 13.2. The van der Waals surface area contributed by atoms with Gasteiger partial charge in [0, 0.05) is 21.2 Å².